The molecule has 0 fully saturated rings. The van der Waals surface area contributed by atoms with E-state index in [1.54, 1.807) is 6.92 Å². The molecule has 0 aliphatic heterocycles. The molecular weight excluding hydrogens is 208 g/mol. The van der Waals surface area contributed by atoms with Gasteiger partial charge in [0.25, 0.3) is 0 Å². The molecule has 16 heavy (non-hydrogen) atoms. The van der Waals surface area contributed by atoms with Crippen molar-refractivity contribution in [2.45, 2.75) is 27.7 Å². The maximum Gasteiger partial charge on any atom is 0.332 e. The zero-order valence-corrected chi connectivity index (χ0v) is 11.0. The van der Waals surface area contributed by atoms with Gasteiger partial charge >= 0.3 is 5.97 Å². The van der Waals surface area contributed by atoms with Gasteiger partial charge in [-0.25, -0.2) is 4.79 Å². The van der Waals surface area contributed by atoms with E-state index in [9.17, 15) is 4.79 Å². The van der Waals surface area contributed by atoms with Gasteiger partial charge in [-0.05, 0) is 12.3 Å². The van der Waals surface area contributed by atoms with Crippen LogP contribution in [0.25, 0.3) is 0 Å². The minimum absolute atomic E-state index is 0.121. The number of ether oxygens (including phenoxy) is 2. The van der Waals surface area contributed by atoms with Gasteiger partial charge in [-0.2, -0.15) is 0 Å². The Labute approximate surface area is 98.3 Å². The number of carbonyl (C=O) groups excluding carboxylic acids is 1. The summed E-state index contributed by atoms with van der Waals surface area (Å²) in [4.78, 5) is 10.2. The van der Waals surface area contributed by atoms with Gasteiger partial charge in [-0.3, -0.25) is 0 Å². The summed E-state index contributed by atoms with van der Waals surface area (Å²) in [5.74, 6) is -0.347. The van der Waals surface area contributed by atoms with E-state index in [2.05, 4.69) is 32.1 Å². The molecule has 0 aliphatic rings. The van der Waals surface area contributed by atoms with Crippen LogP contribution in [0.4, 0.5) is 0 Å². The Morgan fingerprint density at radius 3 is 2.06 bits per heavy atom. The van der Waals surface area contributed by atoms with Gasteiger partial charge < -0.3 is 14.6 Å². The summed E-state index contributed by atoms with van der Waals surface area (Å²) >= 11 is 0. The quantitative estimate of drug-likeness (QED) is 0.456. The molecule has 0 saturated heterocycles. The van der Waals surface area contributed by atoms with E-state index in [-0.39, 0.29) is 18.0 Å². The molecule has 0 heterocycles. The molecule has 0 amide bonds. The van der Waals surface area contributed by atoms with Crippen molar-refractivity contribution in [3.8, 4) is 0 Å². The molecule has 0 rings (SSSR count). The highest BCUT2D eigenvalue weighted by molar-refractivity contribution is 5.86. The normalized spacial score (nSPS) is 10.1. The van der Waals surface area contributed by atoms with E-state index in [1.165, 1.54) is 7.11 Å². The molecular formula is C12H24O4. The predicted octanol–water partition coefficient (Wildman–Crippen LogP) is 1.78. The smallest absolute Gasteiger partial charge is 0.332 e. The third-order valence-corrected chi connectivity index (χ3v) is 1.30. The van der Waals surface area contributed by atoms with Crippen LogP contribution in [-0.2, 0) is 14.3 Å². The Hall–Kier alpha value is -0.870. The fraction of sp³-hybridized carbons (Fsp3) is 0.750. The first kappa shape index (κ1) is 17.5. The number of hydrogen-bond donors (Lipinski definition) is 1. The van der Waals surface area contributed by atoms with Gasteiger partial charge in [0, 0.05) is 5.57 Å². The number of rotatable bonds is 4. The van der Waals surface area contributed by atoms with E-state index in [1.807, 2.05) is 0 Å². The van der Waals surface area contributed by atoms with E-state index in [0.29, 0.717) is 18.8 Å². The molecule has 0 aromatic carbocycles. The van der Waals surface area contributed by atoms with Crippen molar-refractivity contribution in [2.24, 2.45) is 5.41 Å². The summed E-state index contributed by atoms with van der Waals surface area (Å²) in [5.41, 5.74) is 0.650. The largest absolute Gasteiger partial charge is 0.466 e. The highest BCUT2D eigenvalue weighted by atomic mass is 16.5. The highest BCUT2D eigenvalue weighted by Gasteiger charge is 2.08. The monoisotopic (exact) mass is 232 g/mol. The van der Waals surface area contributed by atoms with Gasteiger partial charge in [0.05, 0.1) is 26.9 Å². The van der Waals surface area contributed by atoms with Gasteiger partial charge in [0.15, 0.2) is 0 Å². The van der Waals surface area contributed by atoms with Crippen LogP contribution in [-0.4, -0.2) is 38.0 Å². The van der Waals surface area contributed by atoms with Gasteiger partial charge in [-0.1, -0.05) is 27.4 Å². The summed E-state index contributed by atoms with van der Waals surface area (Å²) in [6.45, 7) is 12.6. The lowest BCUT2D eigenvalue weighted by Gasteiger charge is -2.17. The minimum Gasteiger partial charge on any atom is -0.466 e. The molecule has 0 aromatic rings. The molecule has 0 saturated carbocycles. The molecule has 0 spiro atoms. The topological polar surface area (TPSA) is 55.8 Å². The Bertz CT molecular complexity index is 204. The van der Waals surface area contributed by atoms with Crippen LogP contribution < -0.4 is 0 Å². The van der Waals surface area contributed by atoms with Crippen LogP contribution >= 0.6 is 0 Å². The van der Waals surface area contributed by atoms with Crippen molar-refractivity contribution in [1.82, 2.24) is 0 Å². The molecule has 1 N–H and O–H groups in total. The average Bonchev–Trinajstić information content (AvgIpc) is 2.16. The maximum atomic E-state index is 10.2. The Morgan fingerprint density at radius 1 is 1.38 bits per heavy atom. The number of aliphatic hydroxyl groups excluding tert-OH is 1. The summed E-state index contributed by atoms with van der Waals surface area (Å²) in [7, 11) is 1.33. The number of methoxy groups -OCH3 is 1. The van der Waals surface area contributed by atoms with E-state index in [4.69, 9.17) is 9.84 Å². The van der Waals surface area contributed by atoms with E-state index in [0.717, 1.165) is 0 Å². The molecule has 0 unspecified atom stereocenters. The third-order valence-electron chi connectivity index (χ3n) is 1.30. The Balaban J connectivity index is 0. The van der Waals surface area contributed by atoms with Crippen molar-refractivity contribution in [3.63, 3.8) is 0 Å². The van der Waals surface area contributed by atoms with Crippen molar-refractivity contribution in [1.29, 1.82) is 0 Å². The van der Waals surface area contributed by atoms with Gasteiger partial charge in [0.2, 0.25) is 0 Å². The van der Waals surface area contributed by atoms with Crippen LogP contribution in [0.2, 0.25) is 0 Å². The SMILES string of the molecule is C=C(C)C(=O)OC.CC(C)(C)COCCO. The molecule has 0 radical (unpaired) electrons. The summed E-state index contributed by atoms with van der Waals surface area (Å²) in [6, 6.07) is 0. The lowest BCUT2D eigenvalue weighted by Crippen LogP contribution is -2.15. The zero-order valence-electron chi connectivity index (χ0n) is 11.0. The second kappa shape index (κ2) is 9.36. The third kappa shape index (κ3) is 15.6. The molecule has 4 heteroatoms. The van der Waals surface area contributed by atoms with E-state index < -0.39 is 0 Å². The lowest BCUT2D eigenvalue weighted by atomic mass is 9.99. The van der Waals surface area contributed by atoms with Crippen LogP contribution in [0.5, 0.6) is 0 Å². The van der Waals surface area contributed by atoms with Crippen LogP contribution in [0.15, 0.2) is 12.2 Å². The molecule has 96 valence electrons. The van der Waals surface area contributed by atoms with Crippen LogP contribution in [0.1, 0.15) is 27.7 Å². The fourth-order valence-corrected chi connectivity index (χ4v) is 0.617. The van der Waals surface area contributed by atoms with Crippen LogP contribution in [0.3, 0.4) is 0 Å². The number of esters is 1. The van der Waals surface area contributed by atoms with Gasteiger partial charge in [-0.15, -0.1) is 0 Å². The molecule has 0 aromatic heterocycles. The second-order valence-electron chi connectivity index (χ2n) is 4.61. The zero-order chi connectivity index (χ0) is 13.2. The molecule has 0 atom stereocenters. The first-order valence-corrected chi connectivity index (χ1v) is 5.17. The lowest BCUT2D eigenvalue weighted by molar-refractivity contribution is -0.136. The Morgan fingerprint density at radius 2 is 1.88 bits per heavy atom. The average molecular weight is 232 g/mol. The number of hydrogen-bond acceptors (Lipinski definition) is 4. The van der Waals surface area contributed by atoms with Crippen LogP contribution in [0, 0.1) is 5.41 Å². The summed E-state index contributed by atoms with van der Waals surface area (Å²) in [5, 5.41) is 8.34. The summed E-state index contributed by atoms with van der Waals surface area (Å²) < 4.78 is 9.37. The van der Waals surface area contributed by atoms with Crippen molar-refractivity contribution in [2.75, 3.05) is 26.9 Å². The van der Waals surface area contributed by atoms with Crippen molar-refractivity contribution in [3.05, 3.63) is 12.2 Å². The minimum atomic E-state index is -0.347. The first-order chi connectivity index (χ1) is 7.24. The highest BCUT2D eigenvalue weighted by Crippen LogP contribution is 2.12. The maximum absolute atomic E-state index is 10.2. The van der Waals surface area contributed by atoms with Gasteiger partial charge in [0.1, 0.15) is 0 Å². The Kier molecular flexibility index (Phi) is 10.3. The van der Waals surface area contributed by atoms with E-state index >= 15 is 0 Å². The van der Waals surface area contributed by atoms with Crippen molar-refractivity contribution < 1.29 is 19.4 Å². The standard InChI is InChI=1S/C7H16O2.C5H8O2/c1-7(2,3)6-9-5-4-8;1-4(2)5(6)7-3/h8H,4-6H2,1-3H3;1H2,2-3H3. The predicted molar refractivity (Wildman–Crippen MR) is 64.2 cm³/mol. The summed E-state index contributed by atoms with van der Waals surface area (Å²) in [6.07, 6.45) is 0. The second-order valence-corrected chi connectivity index (χ2v) is 4.61. The molecule has 0 bridgehead atoms. The number of aliphatic hydroxyl groups is 1. The van der Waals surface area contributed by atoms with Crippen molar-refractivity contribution >= 4 is 5.97 Å². The molecule has 4 nitrogen and oxygen atoms in total. The fourth-order valence-electron chi connectivity index (χ4n) is 0.617. The first-order valence-electron chi connectivity index (χ1n) is 5.17. The number of carbonyl (C=O) groups is 1. The molecule has 0 aliphatic carbocycles.